The highest BCUT2D eigenvalue weighted by Gasteiger charge is 2.13. The lowest BCUT2D eigenvalue weighted by Gasteiger charge is -2.08. The molecule has 1 heterocycles. The van der Waals surface area contributed by atoms with E-state index in [0.29, 0.717) is 18.4 Å². The van der Waals surface area contributed by atoms with Crippen LogP contribution in [0.3, 0.4) is 0 Å². The van der Waals surface area contributed by atoms with Crippen molar-refractivity contribution in [3.05, 3.63) is 23.6 Å². The highest BCUT2D eigenvalue weighted by molar-refractivity contribution is 5.95. The quantitative estimate of drug-likeness (QED) is 0.794. The van der Waals surface area contributed by atoms with Gasteiger partial charge in [-0.05, 0) is 51.3 Å². The van der Waals surface area contributed by atoms with E-state index in [0.717, 1.165) is 12.8 Å². The Balaban J connectivity index is 0.000000377. The Hall–Kier alpha value is -0.960. The average Bonchev–Trinajstić information content (AvgIpc) is 2.75. The van der Waals surface area contributed by atoms with Crippen LogP contribution in [0.1, 0.15) is 65.7 Å². The first-order valence-corrected chi connectivity index (χ1v) is 8.04. The van der Waals surface area contributed by atoms with Crippen LogP contribution in [0.2, 0.25) is 0 Å². The van der Waals surface area contributed by atoms with E-state index in [1.165, 1.54) is 38.4 Å². The van der Waals surface area contributed by atoms with Gasteiger partial charge in [-0.25, -0.2) is 4.39 Å². The third-order valence-electron chi connectivity index (χ3n) is 3.21. The van der Waals surface area contributed by atoms with E-state index in [9.17, 15) is 9.18 Å². The summed E-state index contributed by atoms with van der Waals surface area (Å²) >= 11 is 0. The van der Waals surface area contributed by atoms with Gasteiger partial charge in [0, 0.05) is 12.0 Å². The van der Waals surface area contributed by atoms with Gasteiger partial charge in [0.25, 0.3) is 0 Å². The minimum atomic E-state index is -0.334. The first-order valence-electron chi connectivity index (χ1n) is 8.04. The maximum Gasteiger partial charge on any atom is 0.161 e. The summed E-state index contributed by atoms with van der Waals surface area (Å²) in [6.45, 7) is 8.26. The maximum atomic E-state index is 13.1. The Morgan fingerprint density at radius 1 is 1.20 bits per heavy atom. The predicted octanol–water partition coefficient (Wildman–Crippen LogP) is 4.72. The number of hydrogen-bond acceptors (Lipinski definition) is 2. The van der Waals surface area contributed by atoms with Crippen molar-refractivity contribution in [3.63, 3.8) is 0 Å². The second kappa shape index (κ2) is 13.0. The Morgan fingerprint density at radius 2 is 1.85 bits per heavy atom. The number of rotatable bonds is 2. The van der Waals surface area contributed by atoms with Crippen molar-refractivity contribution >= 4 is 5.78 Å². The molecule has 2 rings (SSSR count). The molecule has 0 radical (unpaired) electrons. The fourth-order valence-electron chi connectivity index (χ4n) is 2.09. The van der Waals surface area contributed by atoms with Crippen molar-refractivity contribution < 1.29 is 9.18 Å². The van der Waals surface area contributed by atoms with E-state index < -0.39 is 0 Å². The normalized spacial score (nSPS) is 18.2. The second-order valence-electron chi connectivity index (χ2n) is 4.71. The molecule has 20 heavy (non-hydrogen) atoms. The Labute approximate surface area is 123 Å². The van der Waals surface area contributed by atoms with Crippen LogP contribution < -0.4 is 5.32 Å². The second-order valence-corrected chi connectivity index (χ2v) is 4.71. The summed E-state index contributed by atoms with van der Waals surface area (Å²) in [7, 11) is 0. The molecule has 1 aliphatic heterocycles. The minimum absolute atomic E-state index is 0.0564. The standard InChI is InChI=1S/C10H13FO.C5H11N.C2H6/c1-2-10(12)8-6-4-3-5-7-9(8)11;1-2-4-6-5-3-1;1-2/h5,7H,2-4,6H2,1H3;6H,1-5H2;1-2H3. The highest BCUT2D eigenvalue weighted by atomic mass is 19.1. The number of halogens is 1. The largest absolute Gasteiger partial charge is 0.317 e. The third kappa shape index (κ3) is 8.26. The molecule has 1 saturated heterocycles. The maximum absolute atomic E-state index is 13.1. The molecule has 0 unspecified atom stereocenters. The van der Waals surface area contributed by atoms with E-state index in [-0.39, 0.29) is 11.6 Å². The molecule has 2 nitrogen and oxygen atoms in total. The van der Waals surface area contributed by atoms with Crippen LogP contribution in [0.25, 0.3) is 0 Å². The number of carbonyl (C=O) groups is 1. The third-order valence-corrected chi connectivity index (χ3v) is 3.21. The summed E-state index contributed by atoms with van der Waals surface area (Å²) in [5.41, 5.74) is 0.381. The van der Waals surface area contributed by atoms with E-state index in [4.69, 9.17) is 0 Å². The van der Waals surface area contributed by atoms with Crippen LogP contribution in [-0.2, 0) is 4.79 Å². The van der Waals surface area contributed by atoms with Crippen LogP contribution in [-0.4, -0.2) is 18.9 Å². The van der Waals surface area contributed by atoms with Gasteiger partial charge in [-0.1, -0.05) is 33.3 Å². The number of allylic oxidation sites excluding steroid dienone is 4. The molecule has 0 aromatic carbocycles. The summed E-state index contributed by atoms with van der Waals surface area (Å²) in [5, 5.41) is 3.28. The number of carbonyl (C=O) groups excluding carboxylic acids is 1. The Bertz CT molecular complexity index is 305. The number of ketones is 1. The summed E-state index contributed by atoms with van der Waals surface area (Å²) in [5.74, 6) is -0.390. The first kappa shape index (κ1) is 19.0. The van der Waals surface area contributed by atoms with Crippen LogP contribution in [0.4, 0.5) is 4.39 Å². The first-order chi connectivity index (χ1) is 9.75. The highest BCUT2D eigenvalue weighted by Crippen LogP contribution is 2.21. The number of Topliss-reactive ketones (excluding diaryl/α,β-unsaturated/α-hetero) is 1. The minimum Gasteiger partial charge on any atom is -0.317 e. The van der Waals surface area contributed by atoms with Gasteiger partial charge in [0.2, 0.25) is 0 Å². The molecule has 1 fully saturated rings. The van der Waals surface area contributed by atoms with Gasteiger partial charge in [0.1, 0.15) is 5.83 Å². The lowest BCUT2D eigenvalue weighted by atomic mass is 10.0. The molecular formula is C17H30FNO. The van der Waals surface area contributed by atoms with E-state index in [2.05, 4.69) is 5.32 Å². The van der Waals surface area contributed by atoms with Crippen molar-refractivity contribution in [1.82, 2.24) is 5.32 Å². The zero-order chi connectivity index (χ0) is 15.2. The lowest BCUT2D eigenvalue weighted by molar-refractivity contribution is -0.115. The molecule has 0 aromatic heterocycles. The van der Waals surface area contributed by atoms with E-state index in [1.807, 2.05) is 13.8 Å². The smallest absolute Gasteiger partial charge is 0.161 e. The zero-order valence-corrected chi connectivity index (χ0v) is 13.3. The molecular weight excluding hydrogens is 253 g/mol. The molecule has 3 heteroatoms. The average molecular weight is 283 g/mol. The fraction of sp³-hybridized carbons (Fsp3) is 0.706. The summed E-state index contributed by atoms with van der Waals surface area (Å²) < 4.78 is 13.1. The lowest BCUT2D eigenvalue weighted by Crippen LogP contribution is -2.21. The summed E-state index contributed by atoms with van der Waals surface area (Å²) in [6, 6.07) is 0. The fourth-order valence-corrected chi connectivity index (χ4v) is 2.09. The molecule has 1 N–H and O–H groups in total. The molecule has 116 valence electrons. The van der Waals surface area contributed by atoms with Gasteiger partial charge in [-0.3, -0.25) is 4.79 Å². The van der Waals surface area contributed by atoms with Gasteiger partial charge < -0.3 is 5.32 Å². The van der Waals surface area contributed by atoms with Crippen molar-refractivity contribution in [2.24, 2.45) is 0 Å². The van der Waals surface area contributed by atoms with Crippen molar-refractivity contribution in [2.45, 2.75) is 65.7 Å². The molecule has 0 bridgehead atoms. The topological polar surface area (TPSA) is 29.1 Å². The molecule has 0 spiro atoms. The van der Waals surface area contributed by atoms with Gasteiger partial charge >= 0.3 is 0 Å². The van der Waals surface area contributed by atoms with Gasteiger partial charge in [-0.2, -0.15) is 0 Å². The summed E-state index contributed by atoms with van der Waals surface area (Å²) in [4.78, 5) is 11.2. The van der Waals surface area contributed by atoms with Crippen LogP contribution in [0.5, 0.6) is 0 Å². The molecule has 1 aliphatic carbocycles. The molecule has 0 amide bonds. The summed E-state index contributed by atoms with van der Waals surface area (Å²) in [6.07, 6.45) is 10.1. The van der Waals surface area contributed by atoms with E-state index >= 15 is 0 Å². The van der Waals surface area contributed by atoms with Gasteiger partial charge in [0.15, 0.2) is 5.78 Å². The monoisotopic (exact) mass is 283 g/mol. The molecule has 0 aromatic rings. The molecule has 0 atom stereocenters. The van der Waals surface area contributed by atoms with Crippen molar-refractivity contribution in [1.29, 1.82) is 0 Å². The van der Waals surface area contributed by atoms with Crippen LogP contribution in [0, 0.1) is 0 Å². The van der Waals surface area contributed by atoms with Gasteiger partial charge in [0.05, 0.1) is 0 Å². The van der Waals surface area contributed by atoms with Gasteiger partial charge in [-0.15, -0.1) is 0 Å². The van der Waals surface area contributed by atoms with Crippen LogP contribution in [0.15, 0.2) is 23.6 Å². The Kier molecular flexibility index (Phi) is 12.4. The molecule has 2 aliphatic rings. The number of piperidine rings is 1. The number of hydrogen-bond donors (Lipinski definition) is 1. The van der Waals surface area contributed by atoms with Crippen molar-refractivity contribution in [3.8, 4) is 0 Å². The predicted molar refractivity (Wildman–Crippen MR) is 84.5 cm³/mol. The van der Waals surface area contributed by atoms with Crippen LogP contribution >= 0.6 is 0 Å². The molecule has 0 saturated carbocycles. The van der Waals surface area contributed by atoms with E-state index in [1.54, 1.807) is 13.0 Å². The Morgan fingerprint density at radius 3 is 2.30 bits per heavy atom. The zero-order valence-electron chi connectivity index (χ0n) is 13.3. The van der Waals surface area contributed by atoms with Crippen molar-refractivity contribution in [2.75, 3.05) is 13.1 Å². The number of nitrogens with one attached hydrogen (secondary N) is 1. The SMILES string of the molecule is C1CCNCC1.CC.CCC(=O)C1=C(F)C=CCCC1.